The van der Waals surface area contributed by atoms with E-state index in [1.165, 1.54) is 21.6 Å². The van der Waals surface area contributed by atoms with Crippen LogP contribution in [0.4, 0.5) is 0 Å². The quantitative estimate of drug-likeness (QED) is 0.0565. The van der Waals surface area contributed by atoms with Gasteiger partial charge in [0.25, 0.3) is 0 Å². The highest BCUT2D eigenvalue weighted by Crippen LogP contribution is 2.54. The molecule has 0 rings (SSSR count). The van der Waals surface area contributed by atoms with Gasteiger partial charge in [0.15, 0.2) is 16.6 Å². The fourth-order valence-electron chi connectivity index (χ4n) is 3.64. The van der Waals surface area contributed by atoms with Gasteiger partial charge in [-0.05, 0) is 99.6 Å². The van der Waals surface area contributed by atoms with Crippen molar-refractivity contribution < 1.29 is 27.3 Å². The van der Waals surface area contributed by atoms with Crippen LogP contribution < -0.4 is 0 Å². The molecule has 0 aliphatic rings. The average Bonchev–Trinajstić information content (AvgIpc) is 2.72. The maximum atomic E-state index is 13.9. The van der Waals surface area contributed by atoms with Crippen LogP contribution in [0, 0.1) is 5.92 Å². The molecule has 1 atom stereocenters. The summed E-state index contributed by atoms with van der Waals surface area (Å²) in [6.07, 6.45) is 10.2. The lowest BCUT2D eigenvalue weighted by atomic mass is 10.1. The number of carbonyl (C=O) groups excluding carboxylic acids is 2. The Morgan fingerprint density at radius 3 is 1.76 bits per heavy atom. The van der Waals surface area contributed by atoms with Gasteiger partial charge in [0, 0.05) is 13.6 Å². The van der Waals surface area contributed by atoms with Gasteiger partial charge >= 0.3 is 13.6 Å². The fraction of sp³-hybridized carbons (Fsp3) is 0.714. The van der Waals surface area contributed by atoms with Gasteiger partial charge in [-0.15, -0.1) is 0 Å². The Labute approximate surface area is 234 Å². The summed E-state index contributed by atoms with van der Waals surface area (Å²) in [6, 6.07) is 0. The molecule has 0 aliphatic carbocycles. The smallest absolute Gasteiger partial charge is 0.319 e. The van der Waals surface area contributed by atoms with Gasteiger partial charge in [-0.25, -0.2) is 0 Å². The SMILES string of the molecule is CCOC(=O)C(CP(=O)(O[Si](C)(C)C)O[Si](C)(C)C)C(=O)N(C)C/C=C(\C)CC/C=C(\C)CCC=C(C)C. The van der Waals surface area contributed by atoms with Crippen molar-refractivity contribution in [3.8, 4) is 0 Å². The van der Waals surface area contributed by atoms with E-state index in [9.17, 15) is 14.2 Å². The molecular weight excluding hydrogens is 533 g/mol. The highest BCUT2D eigenvalue weighted by atomic mass is 31.2. The molecule has 0 saturated heterocycles. The third-order valence-corrected chi connectivity index (χ3v) is 12.7. The third kappa shape index (κ3) is 17.4. The number of hydrogen-bond donors (Lipinski definition) is 0. The first-order valence-corrected chi connectivity index (χ1v) is 22.2. The van der Waals surface area contributed by atoms with Crippen molar-refractivity contribution in [1.82, 2.24) is 4.90 Å². The number of ether oxygens (including phenoxy) is 1. The van der Waals surface area contributed by atoms with E-state index in [0.29, 0.717) is 6.54 Å². The number of carbonyl (C=O) groups is 2. The lowest BCUT2D eigenvalue weighted by Crippen LogP contribution is -2.41. The molecule has 7 nitrogen and oxygen atoms in total. The first-order chi connectivity index (χ1) is 17.3. The summed E-state index contributed by atoms with van der Waals surface area (Å²) >= 11 is 0. The van der Waals surface area contributed by atoms with E-state index in [1.54, 1.807) is 14.0 Å². The zero-order valence-electron chi connectivity index (χ0n) is 26.1. The lowest BCUT2D eigenvalue weighted by molar-refractivity contribution is -0.154. The number of rotatable bonds is 17. The lowest BCUT2D eigenvalue weighted by Gasteiger charge is -2.33. The minimum atomic E-state index is -3.72. The van der Waals surface area contributed by atoms with Crippen molar-refractivity contribution in [3.63, 3.8) is 0 Å². The van der Waals surface area contributed by atoms with Crippen LogP contribution in [-0.2, 0) is 27.3 Å². The maximum absolute atomic E-state index is 13.9. The highest BCUT2D eigenvalue weighted by molar-refractivity contribution is 7.57. The van der Waals surface area contributed by atoms with E-state index in [-0.39, 0.29) is 12.8 Å². The van der Waals surface area contributed by atoms with Gasteiger partial charge in [-0.1, -0.05) is 34.9 Å². The van der Waals surface area contributed by atoms with E-state index in [0.717, 1.165) is 25.7 Å². The Morgan fingerprint density at radius 1 is 0.842 bits per heavy atom. The van der Waals surface area contributed by atoms with Crippen molar-refractivity contribution in [2.45, 2.75) is 99.6 Å². The molecule has 0 spiro atoms. The normalized spacial score (nSPS) is 14.2. The molecule has 0 aromatic carbocycles. The summed E-state index contributed by atoms with van der Waals surface area (Å²) in [5.74, 6) is -2.39. The van der Waals surface area contributed by atoms with Crippen molar-refractivity contribution in [2.24, 2.45) is 5.92 Å². The van der Waals surface area contributed by atoms with E-state index >= 15 is 0 Å². The van der Waals surface area contributed by atoms with Crippen LogP contribution in [0.25, 0.3) is 0 Å². The van der Waals surface area contributed by atoms with Gasteiger partial charge in [0.2, 0.25) is 5.91 Å². The Morgan fingerprint density at radius 2 is 1.32 bits per heavy atom. The summed E-state index contributed by atoms with van der Waals surface area (Å²) in [5.41, 5.74) is 3.89. The molecular formula is C28H54NO6PSi2. The average molecular weight is 588 g/mol. The van der Waals surface area contributed by atoms with Gasteiger partial charge in [0.1, 0.15) is 5.92 Å². The monoisotopic (exact) mass is 587 g/mol. The number of likely N-dealkylation sites (N-methyl/N-ethyl adjacent to an activating group) is 1. The van der Waals surface area contributed by atoms with Crippen molar-refractivity contribution in [3.05, 3.63) is 34.9 Å². The summed E-state index contributed by atoms with van der Waals surface area (Å²) in [4.78, 5) is 27.7. The molecule has 0 heterocycles. The first kappa shape index (κ1) is 36.7. The summed E-state index contributed by atoms with van der Waals surface area (Å²) in [6.45, 7) is 22.1. The Balaban J connectivity index is 5.49. The standard InChI is InChI=1S/C28H54NO6PSi2/c1-13-33-28(31)26(22-36(32,34-37(7,8)9)35-38(10,11)12)27(30)29(6)21-20-25(5)19-15-18-24(4)17-14-16-23(2)3/h16,18,20,26H,13-15,17,19,21-22H2,1-12H3/b24-18+,25-20+. The molecule has 0 aliphatic heterocycles. The molecule has 0 fully saturated rings. The molecule has 0 aromatic rings. The van der Waals surface area contributed by atoms with E-state index in [2.05, 4.69) is 32.9 Å². The van der Waals surface area contributed by atoms with Crippen LogP contribution in [0.5, 0.6) is 0 Å². The minimum Gasteiger partial charge on any atom is -0.465 e. The van der Waals surface area contributed by atoms with Crippen LogP contribution in [-0.4, -0.2) is 59.8 Å². The molecule has 0 N–H and O–H groups in total. The summed E-state index contributed by atoms with van der Waals surface area (Å²) < 4.78 is 31.0. The second kappa shape index (κ2) is 16.8. The van der Waals surface area contributed by atoms with Gasteiger partial charge < -0.3 is 18.1 Å². The number of nitrogens with zero attached hydrogens (tertiary/aromatic N) is 1. The fourth-order valence-corrected chi connectivity index (χ4v) is 12.1. The van der Waals surface area contributed by atoms with Crippen LogP contribution in [0.2, 0.25) is 39.3 Å². The van der Waals surface area contributed by atoms with Crippen LogP contribution in [0.3, 0.4) is 0 Å². The van der Waals surface area contributed by atoms with Crippen molar-refractivity contribution >= 4 is 36.1 Å². The first-order valence-electron chi connectivity index (χ1n) is 13.7. The van der Waals surface area contributed by atoms with E-state index in [4.69, 9.17) is 13.2 Å². The number of esters is 1. The van der Waals surface area contributed by atoms with E-state index in [1.807, 2.05) is 52.3 Å². The van der Waals surface area contributed by atoms with Gasteiger partial charge in [-0.3, -0.25) is 14.2 Å². The van der Waals surface area contributed by atoms with Crippen molar-refractivity contribution in [1.29, 1.82) is 0 Å². The number of amides is 1. The molecule has 1 unspecified atom stereocenters. The van der Waals surface area contributed by atoms with Gasteiger partial charge in [0.05, 0.1) is 12.8 Å². The summed E-state index contributed by atoms with van der Waals surface area (Å²) in [7, 11) is -6.66. The molecule has 38 heavy (non-hydrogen) atoms. The zero-order chi connectivity index (χ0) is 29.7. The predicted octanol–water partition coefficient (Wildman–Crippen LogP) is 7.94. The Bertz CT molecular complexity index is 891. The number of allylic oxidation sites excluding steroid dienone is 5. The molecule has 220 valence electrons. The zero-order valence-corrected chi connectivity index (χ0v) is 29.0. The van der Waals surface area contributed by atoms with Crippen LogP contribution in [0.1, 0.15) is 60.3 Å². The third-order valence-electron chi connectivity index (χ3n) is 5.31. The largest absolute Gasteiger partial charge is 0.465 e. The molecule has 0 aromatic heterocycles. The maximum Gasteiger partial charge on any atom is 0.319 e. The highest BCUT2D eigenvalue weighted by Gasteiger charge is 2.43. The second-order valence-corrected chi connectivity index (χ2v) is 23.7. The van der Waals surface area contributed by atoms with Crippen LogP contribution in [0.15, 0.2) is 34.9 Å². The predicted molar refractivity (Wildman–Crippen MR) is 165 cm³/mol. The van der Waals surface area contributed by atoms with Crippen LogP contribution >= 0.6 is 7.60 Å². The molecule has 10 heteroatoms. The minimum absolute atomic E-state index is 0.126. The molecule has 1 amide bonds. The molecule has 0 radical (unpaired) electrons. The molecule has 0 saturated carbocycles. The second-order valence-electron chi connectivity index (χ2n) is 12.2. The van der Waals surface area contributed by atoms with Crippen molar-refractivity contribution in [2.75, 3.05) is 26.4 Å². The Hall–Kier alpha value is -1.26. The summed E-state index contributed by atoms with van der Waals surface area (Å²) in [5, 5.41) is 0. The Kier molecular flexibility index (Phi) is 16.2. The van der Waals surface area contributed by atoms with E-state index < -0.39 is 42.0 Å². The number of hydrogen-bond acceptors (Lipinski definition) is 6. The van der Waals surface area contributed by atoms with Gasteiger partial charge in [-0.2, -0.15) is 0 Å². The topological polar surface area (TPSA) is 82.1 Å². The molecule has 0 bridgehead atoms.